The molecule has 1 rings (SSSR count). The first-order valence-electron chi connectivity index (χ1n) is 6.64. The van der Waals surface area contributed by atoms with Crippen LogP contribution in [0.2, 0.25) is 0 Å². The van der Waals surface area contributed by atoms with Gasteiger partial charge in [0, 0.05) is 25.0 Å². The van der Waals surface area contributed by atoms with E-state index in [9.17, 15) is 8.42 Å². The van der Waals surface area contributed by atoms with Crippen molar-refractivity contribution in [3.8, 4) is 0 Å². The van der Waals surface area contributed by atoms with Crippen LogP contribution in [0, 0.1) is 5.92 Å². The number of hydrogen-bond acceptors (Lipinski definition) is 3. The molecule has 1 heterocycles. The van der Waals surface area contributed by atoms with Gasteiger partial charge in [0.1, 0.15) is 0 Å². The van der Waals surface area contributed by atoms with Gasteiger partial charge in [0.2, 0.25) is 10.0 Å². The standard InChI is InChI=1S/C13H24N2O3S/c1-5-11(6-2)10(3)14-19(17,18)13-7-12(9-16)15(4)8-13/h7-8,10-11,14,16H,5-6,9H2,1-4H3. The molecule has 1 atom stereocenters. The second-order valence-electron chi connectivity index (χ2n) is 4.92. The third-order valence-corrected chi connectivity index (χ3v) is 5.18. The van der Waals surface area contributed by atoms with Crippen LogP contribution in [0.3, 0.4) is 0 Å². The first-order chi connectivity index (χ1) is 8.85. The number of hydrogen-bond donors (Lipinski definition) is 2. The Morgan fingerprint density at radius 2 is 1.95 bits per heavy atom. The molecule has 0 bridgehead atoms. The molecule has 0 aromatic carbocycles. The van der Waals surface area contributed by atoms with E-state index < -0.39 is 10.0 Å². The molecule has 1 aromatic heterocycles. The highest BCUT2D eigenvalue weighted by atomic mass is 32.2. The van der Waals surface area contributed by atoms with Crippen LogP contribution in [0.25, 0.3) is 0 Å². The Morgan fingerprint density at radius 3 is 2.37 bits per heavy atom. The Balaban J connectivity index is 2.91. The second kappa shape index (κ2) is 6.54. The number of rotatable bonds is 7. The maximum absolute atomic E-state index is 12.3. The van der Waals surface area contributed by atoms with E-state index in [4.69, 9.17) is 5.11 Å². The highest BCUT2D eigenvalue weighted by Crippen LogP contribution is 2.18. The second-order valence-corrected chi connectivity index (χ2v) is 6.64. The molecule has 5 nitrogen and oxygen atoms in total. The van der Waals surface area contributed by atoms with E-state index in [-0.39, 0.29) is 17.5 Å². The van der Waals surface area contributed by atoms with Crippen LogP contribution < -0.4 is 4.72 Å². The molecular weight excluding hydrogens is 264 g/mol. The maximum Gasteiger partial charge on any atom is 0.242 e. The predicted molar refractivity (Wildman–Crippen MR) is 75.2 cm³/mol. The number of aryl methyl sites for hydroxylation is 1. The van der Waals surface area contributed by atoms with Crippen LogP contribution in [0.4, 0.5) is 0 Å². The molecule has 0 radical (unpaired) electrons. The zero-order valence-electron chi connectivity index (χ0n) is 12.0. The molecule has 1 aromatic rings. The van der Waals surface area contributed by atoms with Gasteiger partial charge < -0.3 is 9.67 Å². The molecule has 0 saturated heterocycles. The molecule has 110 valence electrons. The Kier molecular flexibility index (Phi) is 5.58. The lowest BCUT2D eigenvalue weighted by Crippen LogP contribution is -2.37. The lowest BCUT2D eigenvalue weighted by atomic mass is 9.96. The van der Waals surface area contributed by atoms with Gasteiger partial charge in [0.15, 0.2) is 0 Å². The molecule has 0 aliphatic rings. The van der Waals surface area contributed by atoms with E-state index >= 15 is 0 Å². The summed E-state index contributed by atoms with van der Waals surface area (Å²) in [4.78, 5) is 0.205. The fourth-order valence-corrected chi connectivity index (χ4v) is 3.69. The molecule has 0 amide bonds. The number of nitrogens with zero attached hydrogens (tertiary/aromatic N) is 1. The third-order valence-electron chi connectivity index (χ3n) is 3.65. The van der Waals surface area contributed by atoms with E-state index in [1.54, 1.807) is 11.6 Å². The van der Waals surface area contributed by atoms with Crippen molar-refractivity contribution in [3.63, 3.8) is 0 Å². The monoisotopic (exact) mass is 288 g/mol. The minimum atomic E-state index is -3.52. The average molecular weight is 288 g/mol. The van der Waals surface area contributed by atoms with Gasteiger partial charge >= 0.3 is 0 Å². The molecule has 1 unspecified atom stereocenters. The summed E-state index contributed by atoms with van der Waals surface area (Å²) in [5.74, 6) is 0.329. The van der Waals surface area contributed by atoms with Crippen LogP contribution in [0.5, 0.6) is 0 Å². The minimum absolute atomic E-state index is 0.0993. The van der Waals surface area contributed by atoms with Gasteiger partial charge in [-0.2, -0.15) is 0 Å². The molecule has 6 heteroatoms. The molecule has 0 spiro atoms. The summed E-state index contributed by atoms with van der Waals surface area (Å²) in [6.45, 7) is 5.84. The SMILES string of the molecule is CCC(CC)C(C)NS(=O)(=O)c1cc(CO)n(C)c1. The fraction of sp³-hybridized carbons (Fsp3) is 0.692. The van der Waals surface area contributed by atoms with E-state index in [2.05, 4.69) is 18.6 Å². The number of sulfonamides is 1. The van der Waals surface area contributed by atoms with Crippen molar-refractivity contribution in [2.75, 3.05) is 0 Å². The van der Waals surface area contributed by atoms with Gasteiger partial charge in [-0.05, 0) is 18.9 Å². The molecule has 0 saturated carbocycles. The van der Waals surface area contributed by atoms with Crippen molar-refractivity contribution < 1.29 is 13.5 Å². The van der Waals surface area contributed by atoms with Gasteiger partial charge in [-0.3, -0.25) is 0 Å². The topological polar surface area (TPSA) is 71.3 Å². The first kappa shape index (κ1) is 16.2. The number of nitrogens with one attached hydrogen (secondary N) is 1. The van der Waals surface area contributed by atoms with Crippen molar-refractivity contribution >= 4 is 10.0 Å². The highest BCUT2D eigenvalue weighted by molar-refractivity contribution is 7.89. The van der Waals surface area contributed by atoms with Gasteiger partial charge in [-0.25, -0.2) is 13.1 Å². The summed E-state index contributed by atoms with van der Waals surface area (Å²) in [5.41, 5.74) is 0.579. The maximum atomic E-state index is 12.3. The molecular formula is C13H24N2O3S. The van der Waals surface area contributed by atoms with Crippen LogP contribution in [-0.2, 0) is 23.7 Å². The van der Waals surface area contributed by atoms with Crippen LogP contribution in [0.1, 0.15) is 39.3 Å². The third kappa shape index (κ3) is 3.81. The molecule has 0 aliphatic carbocycles. The van der Waals surface area contributed by atoms with E-state index in [0.29, 0.717) is 11.6 Å². The largest absolute Gasteiger partial charge is 0.390 e. The van der Waals surface area contributed by atoms with E-state index in [1.807, 2.05) is 6.92 Å². The van der Waals surface area contributed by atoms with Gasteiger partial charge in [0.05, 0.1) is 11.5 Å². The van der Waals surface area contributed by atoms with Crippen LogP contribution in [-0.4, -0.2) is 24.1 Å². The fourth-order valence-electron chi connectivity index (χ4n) is 2.29. The molecule has 2 N–H and O–H groups in total. The van der Waals surface area contributed by atoms with Gasteiger partial charge in [-0.1, -0.05) is 26.7 Å². The van der Waals surface area contributed by atoms with Gasteiger partial charge in [-0.15, -0.1) is 0 Å². The summed E-state index contributed by atoms with van der Waals surface area (Å²) in [7, 11) is -1.80. The summed E-state index contributed by atoms with van der Waals surface area (Å²) < 4.78 is 28.8. The zero-order valence-corrected chi connectivity index (χ0v) is 12.9. The van der Waals surface area contributed by atoms with Crippen LogP contribution in [0.15, 0.2) is 17.2 Å². The Labute approximate surface area is 115 Å². The smallest absolute Gasteiger partial charge is 0.242 e. The quantitative estimate of drug-likeness (QED) is 0.801. The van der Waals surface area contributed by atoms with Crippen molar-refractivity contribution in [2.45, 2.75) is 51.2 Å². The van der Waals surface area contributed by atoms with Crippen molar-refractivity contribution in [2.24, 2.45) is 13.0 Å². The Hall–Kier alpha value is -0.850. The Bertz CT molecular complexity index is 504. The highest BCUT2D eigenvalue weighted by Gasteiger charge is 2.23. The van der Waals surface area contributed by atoms with E-state index in [0.717, 1.165) is 12.8 Å². The molecule has 19 heavy (non-hydrogen) atoms. The van der Waals surface area contributed by atoms with Crippen molar-refractivity contribution in [3.05, 3.63) is 18.0 Å². The number of aromatic nitrogens is 1. The van der Waals surface area contributed by atoms with Crippen LogP contribution >= 0.6 is 0 Å². The Morgan fingerprint density at radius 1 is 1.37 bits per heavy atom. The first-order valence-corrected chi connectivity index (χ1v) is 8.12. The van der Waals surface area contributed by atoms with E-state index in [1.165, 1.54) is 12.3 Å². The lowest BCUT2D eigenvalue weighted by molar-refractivity contribution is 0.272. The normalized spacial score (nSPS) is 14.0. The summed E-state index contributed by atoms with van der Waals surface area (Å²) in [5, 5.41) is 9.11. The molecule has 0 aliphatic heterocycles. The summed E-state index contributed by atoms with van der Waals surface area (Å²) >= 11 is 0. The minimum Gasteiger partial charge on any atom is -0.390 e. The number of aliphatic hydroxyl groups excluding tert-OH is 1. The number of aliphatic hydroxyl groups is 1. The average Bonchev–Trinajstić information content (AvgIpc) is 2.72. The summed E-state index contributed by atoms with van der Waals surface area (Å²) in [6.07, 6.45) is 3.40. The zero-order chi connectivity index (χ0) is 14.6. The molecule has 0 fully saturated rings. The van der Waals surface area contributed by atoms with Gasteiger partial charge in [0.25, 0.3) is 0 Å². The summed E-state index contributed by atoms with van der Waals surface area (Å²) in [6, 6.07) is 1.40. The van der Waals surface area contributed by atoms with Crippen molar-refractivity contribution in [1.82, 2.24) is 9.29 Å². The predicted octanol–water partition coefficient (Wildman–Crippen LogP) is 1.62. The van der Waals surface area contributed by atoms with Crippen molar-refractivity contribution in [1.29, 1.82) is 0 Å². The lowest BCUT2D eigenvalue weighted by Gasteiger charge is -2.21.